The maximum atomic E-state index is 12.2. The van der Waals surface area contributed by atoms with Crippen molar-refractivity contribution in [3.05, 3.63) is 59.7 Å². The van der Waals surface area contributed by atoms with Gasteiger partial charge < -0.3 is 10.2 Å². The molecule has 3 N–H and O–H groups in total. The van der Waals surface area contributed by atoms with E-state index < -0.39 is 106 Å². The van der Waals surface area contributed by atoms with E-state index >= 15 is 0 Å². The summed E-state index contributed by atoms with van der Waals surface area (Å²) in [5, 5.41) is 11.2. The van der Waals surface area contributed by atoms with Crippen LogP contribution in [0.5, 0.6) is 0 Å². The van der Waals surface area contributed by atoms with Crippen molar-refractivity contribution in [2.75, 3.05) is 17.2 Å². The summed E-state index contributed by atoms with van der Waals surface area (Å²) in [5.74, 6) is -1.65. The van der Waals surface area contributed by atoms with E-state index in [0.717, 1.165) is 0 Å². The zero-order chi connectivity index (χ0) is 34.3. The molecule has 0 unspecified atom stereocenters. The van der Waals surface area contributed by atoms with Crippen molar-refractivity contribution in [2.45, 2.75) is 18.7 Å². The molecule has 0 fully saturated rings. The number of anilines is 4. The Balaban J connectivity index is 2.03. The van der Waals surface area contributed by atoms with Gasteiger partial charge in [0.2, 0.25) is 16.0 Å². The van der Waals surface area contributed by atoms with Gasteiger partial charge in [0, 0.05) is 50.8 Å². The van der Waals surface area contributed by atoms with Crippen LogP contribution >= 0.6 is 0 Å². The molecule has 0 aliphatic carbocycles. The number of rotatable bonds is 5. The van der Waals surface area contributed by atoms with Crippen molar-refractivity contribution in [3.8, 4) is 0 Å². The zero-order valence-corrected chi connectivity index (χ0v) is 16.9. The lowest BCUT2D eigenvalue weighted by Gasteiger charge is -2.19. The van der Waals surface area contributed by atoms with Gasteiger partial charge in [-0.1, -0.05) is 6.04 Å². The molecule has 2 heterocycles. The molecule has 31 heavy (non-hydrogen) atoms. The van der Waals surface area contributed by atoms with Crippen molar-refractivity contribution in [3.63, 3.8) is 0 Å². The Labute approximate surface area is 200 Å². The molecule has 0 amide bonds. The Morgan fingerprint density at radius 3 is 2.77 bits per heavy atom. The second-order valence-corrected chi connectivity index (χ2v) is 7.76. The van der Waals surface area contributed by atoms with Crippen molar-refractivity contribution in [1.29, 1.82) is 0 Å². The average molecular weight is 452 g/mol. The third-order valence-electron chi connectivity index (χ3n) is 4.11. The van der Waals surface area contributed by atoms with Gasteiger partial charge in [-0.25, -0.2) is 18.5 Å². The number of aromatic nitrogens is 4. The summed E-state index contributed by atoms with van der Waals surface area (Å²) in [6.07, 6.45) is -0.924. The van der Waals surface area contributed by atoms with Gasteiger partial charge in [-0.3, -0.25) is 4.68 Å². The lowest BCUT2D eigenvalue weighted by molar-refractivity contribution is 0.597. The van der Waals surface area contributed by atoms with Crippen molar-refractivity contribution in [1.82, 2.24) is 19.7 Å². The van der Waals surface area contributed by atoms with Gasteiger partial charge in [0.1, 0.15) is 5.82 Å². The normalized spacial score (nSPS) is 18.9. The van der Waals surface area contributed by atoms with Crippen LogP contribution in [0.1, 0.15) is 30.4 Å². The summed E-state index contributed by atoms with van der Waals surface area (Å²) in [4.78, 5) is 7.07. The number of benzene rings is 2. The quantitative estimate of drug-likeness (QED) is 0.478. The van der Waals surface area contributed by atoms with Gasteiger partial charge in [-0.15, -0.1) is 0 Å². The van der Waals surface area contributed by atoms with E-state index in [-0.39, 0.29) is 21.5 Å². The first-order chi connectivity index (χ1) is 20.4. The second-order valence-electron chi connectivity index (χ2n) is 6.26. The molecule has 4 rings (SSSR count). The Hall–Kier alpha value is -3.50. The fourth-order valence-electron chi connectivity index (χ4n) is 2.58. The number of fused-ring (bicyclic) bond motifs is 1. The molecule has 0 spiro atoms. The van der Waals surface area contributed by atoms with Gasteiger partial charge >= 0.3 is 0 Å². The third kappa shape index (κ3) is 4.07. The molecule has 2 aromatic heterocycles. The zero-order valence-electron chi connectivity index (χ0n) is 30.0. The van der Waals surface area contributed by atoms with Crippen LogP contribution in [0.3, 0.4) is 0 Å². The lowest BCUT2D eigenvalue weighted by Crippen LogP contribution is -2.14. The number of nitrogens with one attached hydrogen (secondary N) is 1. The number of nitrogens with two attached hydrogens (primary N) is 1. The smallest absolute Gasteiger partial charge is 0.238 e. The molecule has 0 saturated carbocycles. The van der Waals surface area contributed by atoms with Crippen LogP contribution in [-0.2, 0) is 17.0 Å². The predicted molar refractivity (Wildman–Crippen MR) is 121 cm³/mol. The average Bonchev–Trinajstić information content (AvgIpc) is 3.25. The number of nitrogens with zero attached hydrogens (tertiary/aromatic N) is 5. The van der Waals surface area contributed by atoms with Crippen LogP contribution in [0.2, 0.25) is 0 Å². The first kappa shape index (κ1) is 9.75. The van der Waals surface area contributed by atoms with E-state index in [1.54, 1.807) is 0 Å². The van der Waals surface area contributed by atoms with Gasteiger partial charge in [0.25, 0.3) is 0 Å². The summed E-state index contributed by atoms with van der Waals surface area (Å²) in [5.41, 5.74) is -2.30. The highest BCUT2D eigenvalue weighted by Gasteiger charge is 2.14. The highest BCUT2D eigenvalue weighted by Crippen LogP contribution is 2.28. The van der Waals surface area contributed by atoms with Gasteiger partial charge in [0.05, 0.1) is 21.4 Å². The molecular weight excluding hydrogens is 414 g/mol. The van der Waals surface area contributed by atoms with Crippen LogP contribution in [0, 0.1) is 13.8 Å². The molecule has 0 aliphatic heterocycles. The summed E-state index contributed by atoms with van der Waals surface area (Å²) in [6, 6.07) is -5.47. The number of aryl methyl sites for hydroxylation is 2. The van der Waals surface area contributed by atoms with E-state index in [0.29, 0.717) is 4.68 Å². The van der Waals surface area contributed by atoms with Crippen LogP contribution in [0.25, 0.3) is 10.9 Å². The lowest BCUT2D eigenvalue weighted by atomic mass is 10.2. The minimum Gasteiger partial charge on any atom is -0.329 e. The molecular formula is C21H23N7O2S. The van der Waals surface area contributed by atoms with Crippen molar-refractivity contribution >= 4 is 44.1 Å². The first-order valence-corrected chi connectivity index (χ1v) is 10.0. The predicted octanol–water partition coefficient (Wildman–Crippen LogP) is 3.14. The summed E-state index contributed by atoms with van der Waals surface area (Å²) in [6.45, 7) is -3.74. The molecule has 160 valence electrons. The standard InChI is InChI=1S/C21H23N7O2S/c1-13-5-6-15(11-19(13)31(22,29)30)24-21-23-10-9-20(25-21)27(3)16-7-8-17-14(2)28(4)26-18(17)12-16/h5-12H,1-4H3,(H2,22,29,30)(H,23,24,25)/i3D3,4D3,5D,6D,7D,8D,9D,10D,11D,12D. The van der Waals surface area contributed by atoms with E-state index in [4.69, 9.17) is 24.3 Å². The minimum atomic E-state index is -4.58. The first-order valence-electron chi connectivity index (χ1n) is 15.5. The topological polar surface area (TPSA) is 119 Å². The van der Waals surface area contributed by atoms with Crippen LogP contribution < -0.4 is 15.4 Å². The maximum absolute atomic E-state index is 12.2. The Kier molecular flexibility index (Phi) is 2.40. The van der Waals surface area contributed by atoms with E-state index in [9.17, 15) is 8.42 Å². The molecule has 4 aromatic rings. The summed E-state index contributed by atoms with van der Waals surface area (Å²) >= 11 is 0. The molecule has 2 aromatic carbocycles. The van der Waals surface area contributed by atoms with Crippen LogP contribution in [0.15, 0.2) is 53.4 Å². The summed E-state index contributed by atoms with van der Waals surface area (Å²) < 4.78 is 140. The molecule has 0 saturated heterocycles. The highest BCUT2D eigenvalue weighted by atomic mass is 32.2. The monoisotopic (exact) mass is 451 g/mol. The van der Waals surface area contributed by atoms with Gasteiger partial charge in [0.15, 0.2) is 0 Å². The second kappa shape index (κ2) is 7.64. The number of hydrogen-bond acceptors (Lipinski definition) is 7. The van der Waals surface area contributed by atoms with E-state index in [1.807, 2.05) is 0 Å². The minimum absolute atomic E-state index is 0.0877. The van der Waals surface area contributed by atoms with Gasteiger partial charge in [-0.05, 0) is 55.7 Å². The highest BCUT2D eigenvalue weighted by molar-refractivity contribution is 7.89. The molecule has 0 bridgehead atoms. The number of sulfonamides is 1. The Morgan fingerprint density at radius 2 is 2.03 bits per heavy atom. The van der Waals surface area contributed by atoms with Crippen LogP contribution in [-0.4, -0.2) is 35.1 Å². The fourth-order valence-corrected chi connectivity index (χ4v) is 3.30. The Bertz CT molecular complexity index is 2010. The van der Waals surface area contributed by atoms with Crippen molar-refractivity contribution < 1.29 is 27.6 Å². The summed E-state index contributed by atoms with van der Waals surface area (Å²) in [7, 11) is -4.58. The third-order valence-corrected chi connectivity index (χ3v) is 5.09. The Morgan fingerprint density at radius 1 is 1.19 bits per heavy atom. The molecule has 0 aliphatic rings. The largest absolute Gasteiger partial charge is 0.329 e. The van der Waals surface area contributed by atoms with Crippen molar-refractivity contribution in [2.24, 2.45) is 12.1 Å². The van der Waals surface area contributed by atoms with Crippen LogP contribution in [0.4, 0.5) is 23.1 Å². The van der Waals surface area contributed by atoms with E-state index in [1.165, 1.54) is 13.8 Å². The SMILES string of the molecule is [2H]c1nc(Nc2c([2H])c([2H])c(C)c(S(N)(=O)=O)c2[2H])nc(N(c2c([2H])c([2H])c3c(C)n(C([2H])([2H])[2H])nc3c2[2H])C([2H])([2H])[2H])c1[2H]. The molecule has 0 atom stereocenters. The van der Waals surface area contributed by atoms with E-state index in [2.05, 4.69) is 20.4 Å². The molecule has 9 nitrogen and oxygen atoms in total. The fraction of sp³-hybridized carbons (Fsp3) is 0.190. The maximum Gasteiger partial charge on any atom is 0.238 e. The number of primary sulfonamides is 1. The number of hydrogen-bond donors (Lipinski definition) is 2. The van der Waals surface area contributed by atoms with Gasteiger partial charge in [-0.2, -0.15) is 10.1 Å². The molecule has 10 heteroatoms. The molecule has 0 radical (unpaired) electrons.